The van der Waals surface area contributed by atoms with Gasteiger partial charge in [-0.1, -0.05) is 26.0 Å². The van der Waals surface area contributed by atoms with Crippen LogP contribution in [0.25, 0.3) is 10.2 Å². The highest BCUT2D eigenvalue weighted by atomic mass is 32.1. The molecule has 2 aromatic carbocycles. The van der Waals surface area contributed by atoms with Crippen LogP contribution in [0.5, 0.6) is 0 Å². The van der Waals surface area contributed by atoms with Crippen molar-refractivity contribution in [2.45, 2.75) is 47.6 Å². The number of anilines is 2. The number of amides is 2. The van der Waals surface area contributed by atoms with Crippen LogP contribution >= 0.6 is 11.3 Å². The minimum Gasteiger partial charge on any atom is -0.444 e. The number of hydrogen-bond donors (Lipinski definition) is 1. The van der Waals surface area contributed by atoms with Gasteiger partial charge in [0, 0.05) is 52.6 Å². The zero-order valence-corrected chi connectivity index (χ0v) is 24.6. The molecule has 2 amide bonds. The van der Waals surface area contributed by atoms with Crippen molar-refractivity contribution in [3.05, 3.63) is 75.3 Å². The summed E-state index contributed by atoms with van der Waals surface area (Å²) in [6.45, 7) is 8.58. The standard InChI is InChI=1S/C31H30N4O5S/c1-17-18(2)29(38)27(19(3)28(17)37)31(4,5)14-26(36)35(6)22-10-7-20(8-11-22)16-40-30(39)33-21-9-12-23-24(13-21)41-25(15-32)34-23/h7-13H,14,16H2,1-6H3,(H,33,39). The Morgan fingerprint density at radius 1 is 1.02 bits per heavy atom. The summed E-state index contributed by atoms with van der Waals surface area (Å²) in [4.78, 5) is 56.9. The number of hydrogen-bond acceptors (Lipinski definition) is 8. The topological polar surface area (TPSA) is 129 Å². The van der Waals surface area contributed by atoms with Gasteiger partial charge in [-0.05, 0) is 56.7 Å². The molecule has 3 aromatic rings. The molecule has 0 radical (unpaired) electrons. The molecule has 10 heteroatoms. The first-order valence-corrected chi connectivity index (χ1v) is 13.7. The van der Waals surface area contributed by atoms with Crippen LogP contribution in [0.15, 0.2) is 64.8 Å². The highest BCUT2D eigenvalue weighted by molar-refractivity contribution is 7.19. The Kier molecular flexibility index (Phi) is 8.22. The highest BCUT2D eigenvalue weighted by Crippen LogP contribution is 2.39. The number of rotatable bonds is 7. The van der Waals surface area contributed by atoms with Crippen LogP contribution in [0, 0.1) is 16.7 Å². The van der Waals surface area contributed by atoms with E-state index in [9.17, 15) is 19.2 Å². The van der Waals surface area contributed by atoms with Gasteiger partial charge in [0.15, 0.2) is 16.6 Å². The summed E-state index contributed by atoms with van der Waals surface area (Å²) in [7, 11) is 1.65. The maximum atomic E-state index is 13.2. The molecule has 0 unspecified atom stereocenters. The van der Waals surface area contributed by atoms with E-state index in [2.05, 4.69) is 10.3 Å². The van der Waals surface area contributed by atoms with Crippen molar-refractivity contribution in [1.82, 2.24) is 4.98 Å². The number of carbonyl (C=O) groups excluding carboxylic acids is 4. The molecule has 41 heavy (non-hydrogen) atoms. The van der Waals surface area contributed by atoms with Crippen LogP contribution in [0.3, 0.4) is 0 Å². The molecule has 0 saturated heterocycles. The predicted octanol–water partition coefficient (Wildman–Crippen LogP) is 6.10. The van der Waals surface area contributed by atoms with Crippen molar-refractivity contribution in [3.63, 3.8) is 0 Å². The monoisotopic (exact) mass is 570 g/mol. The van der Waals surface area contributed by atoms with E-state index >= 15 is 0 Å². The molecule has 0 fully saturated rings. The number of aromatic nitrogens is 1. The molecule has 1 aromatic heterocycles. The average Bonchev–Trinajstić information content (AvgIpc) is 3.36. The van der Waals surface area contributed by atoms with E-state index in [1.165, 1.54) is 16.2 Å². The van der Waals surface area contributed by atoms with Crippen molar-refractivity contribution < 1.29 is 23.9 Å². The second-order valence-electron chi connectivity index (χ2n) is 10.6. The predicted molar refractivity (Wildman–Crippen MR) is 157 cm³/mol. The Morgan fingerprint density at radius 3 is 2.34 bits per heavy atom. The Balaban J connectivity index is 1.35. The molecule has 9 nitrogen and oxygen atoms in total. The van der Waals surface area contributed by atoms with Crippen LogP contribution in [-0.2, 0) is 25.7 Å². The number of allylic oxidation sites excluding steroid dienone is 4. The molecular weight excluding hydrogens is 540 g/mol. The average molecular weight is 571 g/mol. The SMILES string of the molecule is CC1=C(C)C(=O)C(C(C)(C)CC(=O)N(C)c2ccc(COC(=O)Nc3ccc4nc(C#N)sc4c3)cc2)=C(C)C1=O. The minimum atomic E-state index is -0.839. The number of ether oxygens (including phenoxy) is 1. The lowest BCUT2D eigenvalue weighted by Crippen LogP contribution is -2.36. The molecule has 210 valence electrons. The second kappa shape index (κ2) is 11.5. The first-order chi connectivity index (χ1) is 19.3. The molecule has 0 atom stereocenters. The smallest absolute Gasteiger partial charge is 0.411 e. The van der Waals surface area contributed by atoms with Crippen molar-refractivity contribution >= 4 is 56.5 Å². The normalized spacial score (nSPS) is 13.9. The third-order valence-electron chi connectivity index (χ3n) is 7.25. The molecule has 0 bridgehead atoms. The lowest BCUT2D eigenvalue weighted by molar-refractivity contribution is -0.121. The first kappa shape index (κ1) is 29.4. The summed E-state index contributed by atoms with van der Waals surface area (Å²) >= 11 is 1.24. The van der Waals surface area contributed by atoms with Gasteiger partial charge in [-0.2, -0.15) is 5.26 Å². The van der Waals surface area contributed by atoms with Gasteiger partial charge in [-0.25, -0.2) is 9.78 Å². The van der Waals surface area contributed by atoms with E-state index in [4.69, 9.17) is 10.00 Å². The molecule has 0 spiro atoms. The van der Waals surface area contributed by atoms with Crippen molar-refractivity contribution in [1.29, 1.82) is 5.26 Å². The fraction of sp³-hybridized carbons (Fsp3) is 0.290. The molecule has 0 aliphatic heterocycles. The molecule has 1 heterocycles. The van der Waals surface area contributed by atoms with Gasteiger partial charge in [0.25, 0.3) is 0 Å². The van der Waals surface area contributed by atoms with E-state index in [1.807, 2.05) is 6.07 Å². The molecule has 0 saturated carbocycles. The van der Waals surface area contributed by atoms with Gasteiger partial charge in [-0.3, -0.25) is 19.7 Å². The lowest BCUT2D eigenvalue weighted by Gasteiger charge is -2.32. The van der Waals surface area contributed by atoms with E-state index in [0.29, 0.717) is 44.2 Å². The summed E-state index contributed by atoms with van der Waals surface area (Å²) in [5.74, 6) is -0.555. The third kappa shape index (κ3) is 6.10. The van der Waals surface area contributed by atoms with Gasteiger partial charge in [0.2, 0.25) is 5.91 Å². The van der Waals surface area contributed by atoms with Gasteiger partial charge >= 0.3 is 6.09 Å². The van der Waals surface area contributed by atoms with Crippen LogP contribution in [-0.4, -0.2) is 35.6 Å². The van der Waals surface area contributed by atoms with Crippen molar-refractivity contribution in [3.8, 4) is 6.07 Å². The van der Waals surface area contributed by atoms with Gasteiger partial charge in [-0.15, -0.1) is 11.3 Å². The number of nitrogens with one attached hydrogen (secondary N) is 1. The zero-order valence-electron chi connectivity index (χ0n) is 23.7. The van der Waals surface area contributed by atoms with Crippen LogP contribution < -0.4 is 10.2 Å². The van der Waals surface area contributed by atoms with Crippen molar-refractivity contribution in [2.75, 3.05) is 17.3 Å². The van der Waals surface area contributed by atoms with E-state index in [0.717, 1.165) is 10.3 Å². The summed E-state index contributed by atoms with van der Waals surface area (Å²) < 4.78 is 6.12. The second-order valence-corrected chi connectivity index (χ2v) is 11.6. The molecule has 4 rings (SSSR count). The summed E-state index contributed by atoms with van der Waals surface area (Å²) in [5, 5.41) is 12.0. The third-order valence-corrected chi connectivity index (χ3v) is 8.18. The van der Waals surface area contributed by atoms with Crippen molar-refractivity contribution in [2.24, 2.45) is 5.41 Å². The van der Waals surface area contributed by atoms with Crippen LogP contribution in [0.4, 0.5) is 16.2 Å². The quantitative estimate of drug-likeness (QED) is 0.340. The molecule has 1 N–H and O–H groups in total. The van der Waals surface area contributed by atoms with E-state index < -0.39 is 11.5 Å². The van der Waals surface area contributed by atoms with Crippen LogP contribution in [0.1, 0.15) is 51.6 Å². The number of benzene rings is 2. The first-order valence-electron chi connectivity index (χ1n) is 12.9. The van der Waals surface area contributed by atoms with Crippen LogP contribution in [0.2, 0.25) is 0 Å². The maximum Gasteiger partial charge on any atom is 0.411 e. The lowest BCUT2D eigenvalue weighted by atomic mass is 9.71. The number of fused-ring (bicyclic) bond motifs is 1. The largest absolute Gasteiger partial charge is 0.444 e. The number of ketones is 2. The van der Waals surface area contributed by atoms with E-state index in [1.54, 1.807) is 84.1 Å². The molecule has 1 aliphatic carbocycles. The van der Waals surface area contributed by atoms with E-state index in [-0.39, 0.29) is 30.5 Å². The Morgan fingerprint density at radius 2 is 1.68 bits per heavy atom. The Hall–Kier alpha value is -4.62. The summed E-state index contributed by atoms with van der Waals surface area (Å²) in [6, 6.07) is 14.2. The van der Waals surface area contributed by atoms with Gasteiger partial charge in [0.1, 0.15) is 12.7 Å². The van der Waals surface area contributed by atoms with Gasteiger partial charge < -0.3 is 9.64 Å². The zero-order chi connectivity index (χ0) is 30.1. The maximum absolute atomic E-state index is 13.2. The minimum absolute atomic E-state index is 0.0219. The highest BCUT2D eigenvalue weighted by Gasteiger charge is 2.38. The number of nitriles is 1. The number of carbonyl (C=O) groups is 4. The molecule has 1 aliphatic rings. The number of Topliss-reactive ketones (excluding diaryl/α,β-unsaturated/α-hetero) is 2. The summed E-state index contributed by atoms with van der Waals surface area (Å²) in [5.41, 5.74) is 3.39. The molecular formula is C31H30N4O5S. The Labute approximate surface area is 242 Å². The fourth-order valence-electron chi connectivity index (χ4n) is 4.81. The number of thiazole rings is 1. The summed E-state index contributed by atoms with van der Waals surface area (Å²) in [6.07, 6.45) is -0.592. The van der Waals surface area contributed by atoms with Gasteiger partial charge in [0.05, 0.1) is 10.2 Å². The Bertz CT molecular complexity index is 1690. The fourth-order valence-corrected chi connectivity index (χ4v) is 5.61. The number of nitrogens with zero attached hydrogens (tertiary/aromatic N) is 3.